The van der Waals surface area contributed by atoms with Crippen LogP contribution in [0.4, 0.5) is 19.4 Å². The molecular weight excluding hydrogens is 442 g/mol. The first kappa shape index (κ1) is 23.4. The third-order valence-electron chi connectivity index (χ3n) is 4.46. The monoisotopic (exact) mass is 462 g/mol. The molecule has 0 aliphatic carbocycles. The molecule has 0 saturated heterocycles. The zero-order valence-electron chi connectivity index (χ0n) is 17.1. The Morgan fingerprint density at radius 2 is 1.97 bits per heavy atom. The quantitative estimate of drug-likeness (QED) is 0.433. The average molecular weight is 463 g/mol. The van der Waals surface area contributed by atoms with Crippen LogP contribution in [0.1, 0.15) is 18.9 Å². The van der Waals surface area contributed by atoms with E-state index in [1.165, 1.54) is 36.5 Å². The summed E-state index contributed by atoms with van der Waals surface area (Å²) in [5, 5.41) is 9.15. The molecular formula is C22H21ClF2N4O3. The number of carbonyl (C=O) groups is 2. The van der Waals surface area contributed by atoms with Crippen molar-refractivity contribution in [2.24, 2.45) is 0 Å². The van der Waals surface area contributed by atoms with E-state index in [0.717, 1.165) is 0 Å². The predicted molar refractivity (Wildman–Crippen MR) is 117 cm³/mol. The molecule has 3 rings (SSSR count). The van der Waals surface area contributed by atoms with Gasteiger partial charge in [-0.25, -0.2) is 18.6 Å². The van der Waals surface area contributed by atoms with E-state index in [1.54, 1.807) is 19.1 Å². The highest BCUT2D eigenvalue weighted by atomic mass is 35.5. The summed E-state index contributed by atoms with van der Waals surface area (Å²) in [6.07, 6.45) is -0.593. The number of nitrogens with zero attached hydrogens (tertiary/aromatic N) is 1. The topological polar surface area (TPSA) is 92.4 Å². The smallest absolute Gasteiger partial charge is 0.414 e. The van der Waals surface area contributed by atoms with Gasteiger partial charge in [0.05, 0.1) is 11.4 Å². The van der Waals surface area contributed by atoms with Gasteiger partial charge in [0.1, 0.15) is 17.5 Å². The summed E-state index contributed by atoms with van der Waals surface area (Å²) in [5.41, 5.74) is 0.440. The second-order valence-electron chi connectivity index (χ2n) is 6.83. The number of ether oxygens (including phenoxy) is 1. The lowest BCUT2D eigenvalue weighted by molar-refractivity contribution is -0.123. The SMILES string of the molecule is CCNC(=O)CC(NCc1cccc(F)c1Cl)OC(=O)Nc1cc2cc(F)ccc2cn1. The predicted octanol–water partition coefficient (Wildman–Crippen LogP) is 4.36. The highest BCUT2D eigenvalue weighted by molar-refractivity contribution is 6.31. The van der Waals surface area contributed by atoms with Gasteiger partial charge in [0, 0.05) is 24.7 Å². The van der Waals surface area contributed by atoms with Crippen molar-refractivity contribution in [1.82, 2.24) is 15.6 Å². The van der Waals surface area contributed by atoms with Gasteiger partial charge < -0.3 is 10.1 Å². The Balaban J connectivity index is 1.68. The van der Waals surface area contributed by atoms with Crippen molar-refractivity contribution in [3.8, 4) is 0 Å². The van der Waals surface area contributed by atoms with Gasteiger partial charge in [-0.1, -0.05) is 23.7 Å². The number of carbonyl (C=O) groups excluding carboxylic acids is 2. The molecule has 0 fully saturated rings. The van der Waals surface area contributed by atoms with E-state index in [0.29, 0.717) is 22.9 Å². The number of fused-ring (bicyclic) bond motifs is 1. The van der Waals surface area contributed by atoms with Crippen molar-refractivity contribution in [3.05, 3.63) is 70.9 Å². The van der Waals surface area contributed by atoms with Crippen LogP contribution in [0.25, 0.3) is 10.8 Å². The minimum Gasteiger partial charge on any atom is -0.430 e. The summed E-state index contributed by atoms with van der Waals surface area (Å²) in [4.78, 5) is 28.5. The van der Waals surface area contributed by atoms with Gasteiger partial charge in [-0.05, 0) is 48.2 Å². The van der Waals surface area contributed by atoms with Gasteiger partial charge in [0.15, 0.2) is 6.23 Å². The molecule has 1 atom stereocenters. The number of anilines is 1. The molecule has 0 saturated carbocycles. The second kappa shape index (κ2) is 10.8. The van der Waals surface area contributed by atoms with E-state index >= 15 is 0 Å². The molecule has 0 radical (unpaired) electrons. The first-order valence-electron chi connectivity index (χ1n) is 9.81. The van der Waals surface area contributed by atoms with Crippen LogP contribution in [0.5, 0.6) is 0 Å². The first-order chi connectivity index (χ1) is 15.4. The van der Waals surface area contributed by atoms with Crippen molar-refractivity contribution in [2.45, 2.75) is 26.1 Å². The lowest BCUT2D eigenvalue weighted by Crippen LogP contribution is -2.39. The summed E-state index contributed by atoms with van der Waals surface area (Å²) in [5.74, 6) is -1.19. The van der Waals surface area contributed by atoms with Crippen molar-refractivity contribution >= 4 is 40.2 Å². The fraction of sp³-hybridized carbons (Fsp3) is 0.227. The van der Waals surface area contributed by atoms with Crippen molar-refractivity contribution in [1.29, 1.82) is 0 Å². The Morgan fingerprint density at radius 3 is 2.75 bits per heavy atom. The molecule has 0 aliphatic heterocycles. The highest BCUT2D eigenvalue weighted by Crippen LogP contribution is 2.20. The fourth-order valence-electron chi connectivity index (χ4n) is 2.95. The molecule has 0 bridgehead atoms. The Labute approximate surface area is 188 Å². The van der Waals surface area contributed by atoms with Crippen molar-refractivity contribution in [2.75, 3.05) is 11.9 Å². The van der Waals surface area contributed by atoms with E-state index in [9.17, 15) is 18.4 Å². The maximum Gasteiger partial charge on any atom is 0.414 e. The average Bonchev–Trinajstić information content (AvgIpc) is 2.74. The Kier molecular flexibility index (Phi) is 7.91. The van der Waals surface area contributed by atoms with Crippen LogP contribution in [-0.4, -0.2) is 29.8 Å². The van der Waals surface area contributed by atoms with Crippen LogP contribution in [0.2, 0.25) is 5.02 Å². The molecule has 32 heavy (non-hydrogen) atoms. The normalized spacial score (nSPS) is 11.8. The van der Waals surface area contributed by atoms with Gasteiger partial charge in [-0.15, -0.1) is 0 Å². The van der Waals surface area contributed by atoms with Crippen LogP contribution in [0.3, 0.4) is 0 Å². The number of pyridine rings is 1. The van der Waals surface area contributed by atoms with Crippen LogP contribution in [0, 0.1) is 11.6 Å². The zero-order valence-corrected chi connectivity index (χ0v) is 17.9. The molecule has 2 aromatic carbocycles. The zero-order chi connectivity index (χ0) is 23.1. The molecule has 3 aromatic rings. The van der Waals surface area contributed by atoms with Crippen LogP contribution in [0.15, 0.2) is 48.7 Å². The van der Waals surface area contributed by atoms with Gasteiger partial charge in [0.2, 0.25) is 5.91 Å². The van der Waals surface area contributed by atoms with E-state index in [1.807, 2.05) is 0 Å². The molecule has 0 spiro atoms. The number of aromatic nitrogens is 1. The maximum absolute atomic E-state index is 13.7. The molecule has 10 heteroatoms. The Morgan fingerprint density at radius 1 is 1.16 bits per heavy atom. The van der Waals surface area contributed by atoms with Gasteiger partial charge in [0.25, 0.3) is 0 Å². The maximum atomic E-state index is 13.7. The fourth-order valence-corrected chi connectivity index (χ4v) is 3.14. The molecule has 7 nitrogen and oxygen atoms in total. The van der Waals surface area contributed by atoms with Crippen LogP contribution < -0.4 is 16.0 Å². The van der Waals surface area contributed by atoms with Crippen LogP contribution >= 0.6 is 11.6 Å². The number of benzene rings is 2. The first-order valence-corrected chi connectivity index (χ1v) is 10.2. The number of halogens is 3. The molecule has 1 aromatic heterocycles. The largest absolute Gasteiger partial charge is 0.430 e. The van der Waals surface area contributed by atoms with Gasteiger partial charge >= 0.3 is 6.09 Å². The van der Waals surface area contributed by atoms with Crippen LogP contribution in [-0.2, 0) is 16.1 Å². The van der Waals surface area contributed by atoms with Crippen molar-refractivity contribution in [3.63, 3.8) is 0 Å². The summed E-state index contributed by atoms with van der Waals surface area (Å²) in [7, 11) is 0. The third-order valence-corrected chi connectivity index (χ3v) is 4.88. The molecule has 0 aliphatic rings. The summed E-state index contributed by atoms with van der Waals surface area (Å²) >= 11 is 5.95. The highest BCUT2D eigenvalue weighted by Gasteiger charge is 2.19. The van der Waals surface area contributed by atoms with E-state index in [-0.39, 0.29) is 29.7 Å². The standard InChI is InChI=1S/C22H21ClF2N4O3/c1-2-26-19(30)10-20(28-12-14-4-3-5-17(25)21(14)23)32-22(31)29-18-9-15-8-16(24)7-6-13(15)11-27-18/h3-9,11,20,28H,2,10,12H2,1H3,(H,26,30)(H,27,29,31). The van der Waals surface area contributed by atoms with E-state index < -0.39 is 24.0 Å². The minimum atomic E-state index is -1.03. The minimum absolute atomic E-state index is 0.0570. The second-order valence-corrected chi connectivity index (χ2v) is 7.21. The summed E-state index contributed by atoms with van der Waals surface area (Å²) in [6, 6.07) is 10.0. The molecule has 1 heterocycles. The lowest BCUT2D eigenvalue weighted by atomic mass is 10.2. The van der Waals surface area contributed by atoms with E-state index in [2.05, 4.69) is 20.9 Å². The Hall–Kier alpha value is -3.30. The number of hydrogen-bond acceptors (Lipinski definition) is 5. The lowest BCUT2D eigenvalue weighted by Gasteiger charge is -2.19. The van der Waals surface area contributed by atoms with Gasteiger partial charge in [-0.3, -0.25) is 15.4 Å². The third kappa shape index (κ3) is 6.35. The van der Waals surface area contributed by atoms with E-state index in [4.69, 9.17) is 16.3 Å². The van der Waals surface area contributed by atoms with Gasteiger partial charge in [-0.2, -0.15) is 0 Å². The number of amides is 2. The molecule has 1 unspecified atom stereocenters. The van der Waals surface area contributed by atoms with Crippen molar-refractivity contribution < 1.29 is 23.1 Å². The number of rotatable bonds is 8. The number of nitrogens with one attached hydrogen (secondary N) is 3. The molecule has 2 amide bonds. The Bertz CT molecular complexity index is 1130. The summed E-state index contributed by atoms with van der Waals surface area (Å²) in [6.45, 7) is 2.22. The number of hydrogen-bond donors (Lipinski definition) is 3. The molecule has 3 N–H and O–H groups in total. The summed E-state index contributed by atoms with van der Waals surface area (Å²) < 4.78 is 32.4. The molecule has 168 valence electrons.